The Balaban J connectivity index is 2.63. The number of anilines is 1. The highest BCUT2D eigenvalue weighted by molar-refractivity contribution is 5.72. The summed E-state index contributed by atoms with van der Waals surface area (Å²) in [6.07, 6.45) is 0.655. The van der Waals surface area contributed by atoms with E-state index in [1.165, 1.54) is 6.92 Å². The molecular weight excluding hydrogens is 212 g/mol. The summed E-state index contributed by atoms with van der Waals surface area (Å²) in [5.74, 6) is 6.07. The molecule has 0 saturated heterocycles. The van der Waals surface area contributed by atoms with Gasteiger partial charge in [-0.3, -0.25) is 4.79 Å². The smallest absolute Gasteiger partial charge is 0.216 e. The Kier molecular flexibility index (Phi) is 4.59. The quantitative estimate of drug-likeness (QED) is 0.462. The van der Waals surface area contributed by atoms with Crippen molar-refractivity contribution in [3.63, 3.8) is 0 Å². The second-order valence-corrected chi connectivity index (χ2v) is 4.06. The van der Waals surface area contributed by atoms with Gasteiger partial charge in [-0.25, -0.2) is 0 Å². The van der Waals surface area contributed by atoms with Gasteiger partial charge in [-0.1, -0.05) is 11.8 Å². The minimum atomic E-state index is -0.0222. The van der Waals surface area contributed by atoms with E-state index in [1.54, 1.807) is 0 Å². The van der Waals surface area contributed by atoms with Gasteiger partial charge in [0.25, 0.3) is 0 Å². The molecule has 3 N–H and O–H groups in total. The van der Waals surface area contributed by atoms with Crippen LogP contribution in [0, 0.1) is 25.7 Å². The zero-order valence-corrected chi connectivity index (χ0v) is 10.6. The summed E-state index contributed by atoms with van der Waals surface area (Å²) in [4.78, 5) is 10.6. The summed E-state index contributed by atoms with van der Waals surface area (Å²) in [6.45, 7) is 6.05. The van der Waals surface area contributed by atoms with Gasteiger partial charge in [-0.2, -0.15) is 0 Å². The van der Waals surface area contributed by atoms with Crippen LogP contribution in [0.15, 0.2) is 12.1 Å². The van der Waals surface area contributed by atoms with Gasteiger partial charge in [-0.05, 0) is 37.1 Å². The number of nitrogens with one attached hydrogen (secondary N) is 1. The van der Waals surface area contributed by atoms with E-state index < -0.39 is 0 Å². The Hall–Kier alpha value is -1.95. The highest BCUT2D eigenvalue weighted by atomic mass is 16.1. The van der Waals surface area contributed by atoms with Crippen molar-refractivity contribution in [2.24, 2.45) is 0 Å². The second-order valence-electron chi connectivity index (χ2n) is 4.06. The topological polar surface area (TPSA) is 55.1 Å². The number of benzene rings is 1. The van der Waals surface area contributed by atoms with Crippen molar-refractivity contribution in [1.82, 2.24) is 5.32 Å². The van der Waals surface area contributed by atoms with Crippen molar-refractivity contribution in [1.29, 1.82) is 0 Å². The van der Waals surface area contributed by atoms with Crippen LogP contribution in [0.3, 0.4) is 0 Å². The molecular formula is C14H18N2O. The van der Waals surface area contributed by atoms with Gasteiger partial charge in [0.05, 0.1) is 0 Å². The molecule has 0 bridgehead atoms. The number of amides is 1. The molecule has 1 aromatic rings. The number of aryl methyl sites for hydroxylation is 2. The highest BCUT2D eigenvalue weighted by Crippen LogP contribution is 2.17. The highest BCUT2D eigenvalue weighted by Gasteiger charge is 1.99. The predicted octanol–water partition coefficient (Wildman–Crippen LogP) is 1.76. The molecule has 0 fully saturated rings. The van der Waals surface area contributed by atoms with E-state index in [0.29, 0.717) is 13.0 Å². The Morgan fingerprint density at radius 3 is 2.47 bits per heavy atom. The second kappa shape index (κ2) is 5.95. The molecule has 1 aromatic carbocycles. The molecule has 3 heteroatoms. The first kappa shape index (κ1) is 13.1. The molecule has 1 rings (SSSR count). The molecule has 0 atom stereocenters. The van der Waals surface area contributed by atoms with E-state index in [2.05, 4.69) is 17.2 Å². The van der Waals surface area contributed by atoms with Crippen LogP contribution in [0.4, 0.5) is 5.69 Å². The number of hydrogen-bond acceptors (Lipinski definition) is 2. The molecule has 0 spiro atoms. The van der Waals surface area contributed by atoms with Gasteiger partial charge >= 0.3 is 0 Å². The van der Waals surface area contributed by atoms with Crippen LogP contribution >= 0.6 is 0 Å². The Bertz CT molecular complexity index is 458. The van der Waals surface area contributed by atoms with Crippen LogP contribution in [0.5, 0.6) is 0 Å². The first-order valence-electron chi connectivity index (χ1n) is 5.60. The zero-order chi connectivity index (χ0) is 12.8. The fourth-order valence-corrected chi connectivity index (χ4v) is 1.51. The van der Waals surface area contributed by atoms with Crippen molar-refractivity contribution in [3.8, 4) is 11.8 Å². The lowest BCUT2D eigenvalue weighted by molar-refractivity contribution is -0.118. The van der Waals surface area contributed by atoms with Gasteiger partial charge in [0.2, 0.25) is 5.91 Å². The van der Waals surface area contributed by atoms with Gasteiger partial charge in [0.1, 0.15) is 0 Å². The van der Waals surface area contributed by atoms with E-state index >= 15 is 0 Å². The maximum absolute atomic E-state index is 10.6. The van der Waals surface area contributed by atoms with Crippen LogP contribution in [-0.4, -0.2) is 12.5 Å². The molecule has 0 saturated carbocycles. The summed E-state index contributed by atoms with van der Waals surface area (Å²) < 4.78 is 0. The van der Waals surface area contributed by atoms with Crippen LogP contribution in [0.2, 0.25) is 0 Å². The monoisotopic (exact) mass is 230 g/mol. The predicted molar refractivity (Wildman–Crippen MR) is 70.5 cm³/mol. The van der Waals surface area contributed by atoms with Crippen molar-refractivity contribution in [3.05, 3.63) is 28.8 Å². The minimum Gasteiger partial charge on any atom is -0.398 e. The molecule has 0 aromatic heterocycles. The number of carbonyl (C=O) groups excluding carboxylic acids is 1. The van der Waals surface area contributed by atoms with Gasteiger partial charge < -0.3 is 11.1 Å². The fraction of sp³-hybridized carbons (Fsp3) is 0.357. The van der Waals surface area contributed by atoms with Crippen molar-refractivity contribution in [2.45, 2.75) is 27.2 Å². The molecule has 0 radical (unpaired) electrons. The van der Waals surface area contributed by atoms with Crippen LogP contribution in [-0.2, 0) is 4.79 Å². The molecule has 0 unspecified atom stereocenters. The van der Waals surface area contributed by atoms with Crippen molar-refractivity contribution >= 4 is 11.6 Å². The largest absolute Gasteiger partial charge is 0.398 e. The summed E-state index contributed by atoms with van der Waals surface area (Å²) in [5, 5.41) is 2.70. The number of hydrogen-bond donors (Lipinski definition) is 2. The summed E-state index contributed by atoms with van der Waals surface area (Å²) in [5.41, 5.74) is 9.77. The lowest BCUT2D eigenvalue weighted by Gasteiger charge is -2.04. The summed E-state index contributed by atoms with van der Waals surface area (Å²) in [7, 11) is 0. The van der Waals surface area contributed by atoms with Crippen LogP contribution < -0.4 is 11.1 Å². The average Bonchev–Trinajstić information content (AvgIpc) is 2.25. The van der Waals surface area contributed by atoms with E-state index in [1.807, 2.05) is 26.0 Å². The minimum absolute atomic E-state index is 0.0222. The standard InChI is InChI=1S/C14H18N2O/c1-10-8-13(9-11(2)14(10)15)6-4-5-7-16-12(3)17/h8-9H,5,7,15H2,1-3H3,(H,16,17). The maximum atomic E-state index is 10.6. The normalized spacial score (nSPS) is 9.35. The fourth-order valence-electron chi connectivity index (χ4n) is 1.51. The molecule has 0 aliphatic carbocycles. The van der Waals surface area contributed by atoms with E-state index in [9.17, 15) is 4.79 Å². The maximum Gasteiger partial charge on any atom is 0.216 e. The van der Waals surface area contributed by atoms with Crippen LogP contribution in [0.1, 0.15) is 30.0 Å². The molecule has 0 heterocycles. The zero-order valence-electron chi connectivity index (χ0n) is 10.6. The van der Waals surface area contributed by atoms with E-state index in [-0.39, 0.29) is 5.91 Å². The summed E-state index contributed by atoms with van der Waals surface area (Å²) in [6, 6.07) is 3.96. The van der Waals surface area contributed by atoms with E-state index in [4.69, 9.17) is 5.73 Å². The lowest BCUT2D eigenvalue weighted by Crippen LogP contribution is -2.20. The average molecular weight is 230 g/mol. The van der Waals surface area contributed by atoms with Crippen molar-refractivity contribution in [2.75, 3.05) is 12.3 Å². The number of nitrogens with two attached hydrogens (primary N) is 1. The molecule has 0 aliphatic rings. The Labute approximate surface area is 102 Å². The molecule has 3 nitrogen and oxygen atoms in total. The Morgan fingerprint density at radius 1 is 1.35 bits per heavy atom. The third-order valence-electron chi connectivity index (χ3n) is 2.45. The summed E-state index contributed by atoms with van der Waals surface area (Å²) >= 11 is 0. The van der Waals surface area contributed by atoms with E-state index in [0.717, 1.165) is 22.4 Å². The molecule has 0 aliphatic heterocycles. The first-order chi connectivity index (χ1) is 8.00. The number of rotatable bonds is 2. The van der Waals surface area contributed by atoms with Gasteiger partial charge in [0.15, 0.2) is 0 Å². The number of nitrogen functional groups attached to an aromatic ring is 1. The number of carbonyl (C=O) groups is 1. The third-order valence-corrected chi connectivity index (χ3v) is 2.45. The van der Waals surface area contributed by atoms with Gasteiger partial charge in [0, 0.05) is 31.1 Å². The van der Waals surface area contributed by atoms with Crippen LogP contribution in [0.25, 0.3) is 0 Å². The third kappa shape index (κ3) is 4.20. The molecule has 1 amide bonds. The van der Waals surface area contributed by atoms with Gasteiger partial charge in [-0.15, -0.1) is 0 Å². The first-order valence-corrected chi connectivity index (χ1v) is 5.60. The molecule has 90 valence electrons. The Morgan fingerprint density at radius 2 is 1.94 bits per heavy atom. The lowest BCUT2D eigenvalue weighted by atomic mass is 10.0. The van der Waals surface area contributed by atoms with Crippen molar-refractivity contribution < 1.29 is 4.79 Å². The SMILES string of the molecule is CC(=O)NCCC#Cc1cc(C)c(N)c(C)c1. The molecule has 17 heavy (non-hydrogen) atoms.